The summed E-state index contributed by atoms with van der Waals surface area (Å²) in [6.07, 6.45) is 10.6. The van der Waals surface area contributed by atoms with Crippen molar-refractivity contribution in [2.75, 3.05) is 11.9 Å². The number of hydrogen-bond donors (Lipinski definition) is 2. The van der Waals surface area contributed by atoms with Crippen LogP contribution in [0.1, 0.15) is 61.0 Å². The molecule has 1 atom stereocenters. The Hall–Kier alpha value is -4.66. The van der Waals surface area contributed by atoms with E-state index in [0.29, 0.717) is 17.3 Å². The Labute approximate surface area is 231 Å². The van der Waals surface area contributed by atoms with Crippen LogP contribution in [-0.4, -0.2) is 40.0 Å². The normalized spacial score (nSPS) is 16.4. The quantitative estimate of drug-likeness (QED) is 0.300. The van der Waals surface area contributed by atoms with Gasteiger partial charge in [0.15, 0.2) is 0 Å². The highest BCUT2D eigenvalue weighted by molar-refractivity contribution is 6.02. The van der Waals surface area contributed by atoms with Crippen LogP contribution >= 0.6 is 0 Å². The van der Waals surface area contributed by atoms with E-state index in [1.54, 1.807) is 43.7 Å². The molecule has 40 heavy (non-hydrogen) atoms. The fourth-order valence-corrected chi connectivity index (χ4v) is 5.45. The van der Waals surface area contributed by atoms with Crippen LogP contribution in [0.3, 0.4) is 0 Å². The summed E-state index contributed by atoms with van der Waals surface area (Å²) in [4.78, 5) is 42.1. The average Bonchev–Trinajstić information content (AvgIpc) is 3.73. The molecular weight excluding hydrogens is 508 g/mol. The van der Waals surface area contributed by atoms with Gasteiger partial charge in [0.25, 0.3) is 5.91 Å². The van der Waals surface area contributed by atoms with E-state index in [1.807, 2.05) is 24.3 Å². The number of nitrogens with zero attached hydrogens (tertiary/aromatic N) is 2. The van der Waals surface area contributed by atoms with Crippen LogP contribution in [0.25, 0.3) is 28.0 Å². The maximum absolute atomic E-state index is 13.1. The third-order valence-electron chi connectivity index (χ3n) is 7.60. The molecule has 9 nitrogen and oxygen atoms in total. The number of rotatable bonds is 7. The van der Waals surface area contributed by atoms with Gasteiger partial charge in [-0.3, -0.25) is 9.59 Å². The van der Waals surface area contributed by atoms with Gasteiger partial charge in [0.1, 0.15) is 24.7 Å². The number of hydrogen-bond acceptors (Lipinski definition) is 6. The summed E-state index contributed by atoms with van der Waals surface area (Å²) in [5.41, 5.74) is 5.29. The van der Waals surface area contributed by atoms with E-state index in [9.17, 15) is 14.4 Å². The van der Waals surface area contributed by atoms with Gasteiger partial charge in [-0.1, -0.05) is 31.4 Å². The molecule has 2 aromatic heterocycles. The first-order valence-electron chi connectivity index (χ1n) is 13.6. The Morgan fingerprint density at radius 1 is 1.02 bits per heavy atom. The lowest BCUT2D eigenvalue weighted by Crippen LogP contribution is -2.41. The molecule has 204 valence electrons. The lowest BCUT2D eigenvalue weighted by atomic mass is 9.95. The number of imidazole rings is 1. The zero-order chi connectivity index (χ0) is 27.6. The number of benzene rings is 2. The highest BCUT2D eigenvalue weighted by Crippen LogP contribution is 2.36. The van der Waals surface area contributed by atoms with Crippen molar-refractivity contribution in [2.24, 2.45) is 0 Å². The van der Waals surface area contributed by atoms with Crippen molar-refractivity contribution in [1.29, 1.82) is 0 Å². The fraction of sp³-hybridized carbons (Fsp3) is 0.290. The zero-order valence-electron chi connectivity index (χ0n) is 22.2. The van der Waals surface area contributed by atoms with Gasteiger partial charge in [-0.25, -0.2) is 9.78 Å². The molecule has 0 radical (unpaired) electrons. The number of ether oxygens (including phenoxy) is 1. The van der Waals surface area contributed by atoms with Crippen molar-refractivity contribution in [1.82, 2.24) is 14.9 Å². The van der Waals surface area contributed by atoms with E-state index in [-0.39, 0.29) is 24.4 Å². The Bertz CT molecular complexity index is 1590. The second kappa shape index (κ2) is 10.8. The van der Waals surface area contributed by atoms with E-state index < -0.39 is 6.04 Å². The molecular formula is C31H30N4O5. The minimum atomic E-state index is -0.771. The van der Waals surface area contributed by atoms with Gasteiger partial charge in [0.2, 0.25) is 5.91 Å². The minimum absolute atomic E-state index is 0.241. The highest BCUT2D eigenvalue weighted by Gasteiger charge is 2.24. The molecule has 1 aliphatic heterocycles. The molecule has 2 aliphatic rings. The molecule has 0 spiro atoms. The van der Waals surface area contributed by atoms with Crippen LogP contribution in [0.2, 0.25) is 0 Å². The van der Waals surface area contributed by atoms with Gasteiger partial charge in [0, 0.05) is 28.9 Å². The lowest BCUT2D eigenvalue weighted by Gasteiger charge is -2.25. The number of nitrogens with one attached hydrogen (secondary N) is 2. The number of anilines is 1. The van der Waals surface area contributed by atoms with Gasteiger partial charge in [-0.15, -0.1) is 0 Å². The molecule has 1 aliphatic carbocycles. The van der Waals surface area contributed by atoms with Crippen molar-refractivity contribution in [3.05, 3.63) is 78.3 Å². The Kier molecular flexibility index (Phi) is 6.94. The summed E-state index contributed by atoms with van der Waals surface area (Å²) in [5.74, 6) is -0.207. The number of cyclic esters (lactones) is 1. The Morgan fingerprint density at radius 3 is 2.52 bits per heavy atom. The van der Waals surface area contributed by atoms with Gasteiger partial charge < -0.3 is 24.4 Å². The van der Waals surface area contributed by atoms with Crippen LogP contribution in [0.15, 0.2) is 71.6 Å². The van der Waals surface area contributed by atoms with Crippen molar-refractivity contribution >= 4 is 40.1 Å². The topological polar surface area (TPSA) is 115 Å². The van der Waals surface area contributed by atoms with Crippen molar-refractivity contribution in [3.63, 3.8) is 0 Å². The molecule has 9 heteroatoms. The summed E-state index contributed by atoms with van der Waals surface area (Å²) in [6.45, 7) is 1.88. The van der Waals surface area contributed by atoms with E-state index in [2.05, 4.69) is 15.2 Å². The number of aromatic nitrogens is 2. The SMILES string of the molecule is C[C@@H](NC(=O)c1ccc2c(c1)nc(-c1ccoc1)n2C1CCCCC1)C(=O)Nc1ccc(C2=CC(=O)OC2)cc1. The number of furan rings is 1. The average molecular weight is 539 g/mol. The number of esters is 1. The molecule has 2 aromatic carbocycles. The van der Waals surface area contributed by atoms with Crippen molar-refractivity contribution in [2.45, 2.75) is 51.1 Å². The fourth-order valence-electron chi connectivity index (χ4n) is 5.45. The van der Waals surface area contributed by atoms with Gasteiger partial charge in [-0.2, -0.15) is 0 Å². The molecule has 2 N–H and O–H groups in total. The van der Waals surface area contributed by atoms with E-state index >= 15 is 0 Å². The summed E-state index contributed by atoms with van der Waals surface area (Å²) in [5, 5.41) is 5.61. The van der Waals surface area contributed by atoms with E-state index in [0.717, 1.165) is 46.4 Å². The molecule has 6 rings (SSSR count). The predicted molar refractivity (Wildman–Crippen MR) is 150 cm³/mol. The van der Waals surface area contributed by atoms with Crippen LogP contribution in [-0.2, 0) is 14.3 Å². The maximum atomic E-state index is 13.1. The van der Waals surface area contributed by atoms with Gasteiger partial charge >= 0.3 is 5.97 Å². The third-order valence-corrected chi connectivity index (χ3v) is 7.60. The molecule has 1 fully saturated rings. The van der Waals surface area contributed by atoms with Crippen molar-refractivity contribution in [3.8, 4) is 11.4 Å². The lowest BCUT2D eigenvalue weighted by molar-refractivity contribution is -0.134. The molecule has 1 saturated carbocycles. The van der Waals surface area contributed by atoms with E-state index in [4.69, 9.17) is 14.1 Å². The van der Waals surface area contributed by atoms with Crippen molar-refractivity contribution < 1.29 is 23.5 Å². The largest absolute Gasteiger partial charge is 0.472 e. The molecule has 0 bridgehead atoms. The van der Waals surface area contributed by atoms with Crippen LogP contribution in [0.5, 0.6) is 0 Å². The Morgan fingerprint density at radius 2 is 1.82 bits per heavy atom. The minimum Gasteiger partial charge on any atom is -0.472 e. The third kappa shape index (κ3) is 5.14. The summed E-state index contributed by atoms with van der Waals surface area (Å²) < 4.78 is 12.6. The first-order chi connectivity index (χ1) is 19.5. The molecule has 3 heterocycles. The highest BCUT2D eigenvalue weighted by atomic mass is 16.5. The van der Waals surface area contributed by atoms with E-state index in [1.165, 1.54) is 25.3 Å². The monoisotopic (exact) mass is 538 g/mol. The zero-order valence-corrected chi connectivity index (χ0v) is 22.2. The number of carbonyl (C=O) groups is 3. The van der Waals surface area contributed by atoms with Crippen LogP contribution in [0.4, 0.5) is 5.69 Å². The standard InChI is InChI=1S/C31H30N4O5/c1-19(30(37)33-24-10-7-20(8-11-24)23-16-28(36)40-18-23)32-31(38)21-9-12-27-26(15-21)34-29(22-13-14-39-17-22)35(27)25-5-3-2-4-6-25/h7-17,19,25H,2-6,18H2,1H3,(H,32,38)(H,33,37)/t19-/m1/s1. The van der Waals surface area contributed by atoms with Gasteiger partial charge in [-0.05, 0) is 61.7 Å². The first kappa shape index (κ1) is 25.6. The first-order valence-corrected chi connectivity index (χ1v) is 13.6. The molecule has 0 unspecified atom stereocenters. The second-order valence-corrected chi connectivity index (χ2v) is 10.4. The summed E-state index contributed by atoms with van der Waals surface area (Å²) in [7, 11) is 0. The summed E-state index contributed by atoms with van der Waals surface area (Å²) >= 11 is 0. The second-order valence-electron chi connectivity index (χ2n) is 10.4. The Balaban J connectivity index is 1.16. The maximum Gasteiger partial charge on any atom is 0.331 e. The molecule has 2 amide bonds. The molecule has 0 saturated heterocycles. The van der Waals surface area contributed by atoms with Crippen LogP contribution < -0.4 is 10.6 Å². The van der Waals surface area contributed by atoms with Gasteiger partial charge in [0.05, 0.1) is 22.9 Å². The number of fused-ring (bicyclic) bond motifs is 1. The smallest absolute Gasteiger partial charge is 0.331 e. The summed E-state index contributed by atoms with van der Waals surface area (Å²) in [6, 6.07) is 14.1. The van der Waals surface area contributed by atoms with Crippen LogP contribution in [0, 0.1) is 0 Å². The number of carbonyl (C=O) groups excluding carboxylic acids is 3. The predicted octanol–water partition coefficient (Wildman–Crippen LogP) is 5.50. The number of amides is 2. The molecule has 4 aromatic rings.